The van der Waals surface area contributed by atoms with E-state index in [1.54, 1.807) is 0 Å². The van der Waals surface area contributed by atoms with Gasteiger partial charge in [-0.05, 0) is 31.6 Å². The zero-order valence-corrected chi connectivity index (χ0v) is 11.8. The second-order valence-electron chi connectivity index (χ2n) is 6.77. The van der Waals surface area contributed by atoms with E-state index in [0.717, 1.165) is 25.7 Å². The number of likely N-dealkylation sites (tertiary alicyclic amines) is 1. The van der Waals surface area contributed by atoms with Crippen LogP contribution in [0.5, 0.6) is 0 Å². The van der Waals surface area contributed by atoms with Gasteiger partial charge in [0.15, 0.2) is 5.60 Å². The molecular weight excluding hydrogens is 285 g/mol. The van der Waals surface area contributed by atoms with Crippen molar-refractivity contribution in [2.45, 2.75) is 62.4 Å². The molecule has 0 spiro atoms. The summed E-state index contributed by atoms with van der Waals surface area (Å²) in [5.74, 6) is 0.0114. The predicted molar refractivity (Wildman–Crippen MR) is 69.5 cm³/mol. The normalized spacial score (nSPS) is 39.8. The van der Waals surface area contributed by atoms with Gasteiger partial charge in [-0.3, -0.25) is 4.79 Å². The monoisotopic (exact) mass is 306 g/mol. The molecule has 0 radical (unpaired) electrons. The average Bonchev–Trinajstić information content (AvgIpc) is 2.93. The summed E-state index contributed by atoms with van der Waals surface area (Å²) in [6, 6.07) is 0.930. The fraction of sp³-hybridized carbons (Fsp3) is 0.929. The summed E-state index contributed by atoms with van der Waals surface area (Å²) in [5, 5.41) is 13.1. The van der Waals surface area contributed by atoms with E-state index in [9.17, 15) is 23.1 Å². The maximum Gasteiger partial charge on any atom is 0.419 e. The molecular formula is C14H21F3N2O2. The smallest absolute Gasteiger partial charge is 0.379 e. The summed E-state index contributed by atoms with van der Waals surface area (Å²) < 4.78 is 38.3. The number of piperidine rings is 1. The van der Waals surface area contributed by atoms with Crippen molar-refractivity contribution in [2.75, 3.05) is 13.1 Å². The van der Waals surface area contributed by atoms with Gasteiger partial charge in [0.05, 0.1) is 6.54 Å². The Balaban J connectivity index is 1.55. The Morgan fingerprint density at radius 1 is 1.29 bits per heavy atom. The molecule has 3 aliphatic rings. The number of halogens is 3. The van der Waals surface area contributed by atoms with E-state index in [1.807, 2.05) is 0 Å². The first-order valence-corrected chi connectivity index (χ1v) is 7.60. The van der Waals surface area contributed by atoms with Crippen LogP contribution in [0.3, 0.4) is 0 Å². The summed E-state index contributed by atoms with van der Waals surface area (Å²) in [5.41, 5.74) is -2.73. The van der Waals surface area contributed by atoms with Crippen molar-refractivity contribution in [3.63, 3.8) is 0 Å². The molecule has 3 saturated heterocycles. The quantitative estimate of drug-likeness (QED) is 0.811. The van der Waals surface area contributed by atoms with Crippen molar-refractivity contribution in [1.82, 2.24) is 10.2 Å². The van der Waals surface area contributed by atoms with E-state index < -0.39 is 24.7 Å². The lowest BCUT2D eigenvalue weighted by Crippen LogP contribution is -2.48. The summed E-state index contributed by atoms with van der Waals surface area (Å²) in [6.45, 7) is -0.625. The molecule has 3 atom stereocenters. The molecule has 21 heavy (non-hydrogen) atoms. The number of aliphatic hydroxyl groups is 1. The molecule has 0 aromatic rings. The number of fused-ring (bicyclic) bond motifs is 2. The highest BCUT2D eigenvalue weighted by molar-refractivity contribution is 5.77. The highest BCUT2D eigenvalue weighted by Crippen LogP contribution is 2.38. The maximum absolute atomic E-state index is 12.8. The number of alkyl halides is 3. The lowest BCUT2D eigenvalue weighted by atomic mass is 9.89. The Labute approximate surface area is 121 Å². The number of hydrogen-bond donors (Lipinski definition) is 2. The highest BCUT2D eigenvalue weighted by Gasteiger charge is 2.57. The number of β-amino-alcohol motifs (C(OH)–C–C–N with tert-alkyl or cyclic N) is 1. The molecule has 3 unspecified atom stereocenters. The number of rotatable bonds is 2. The molecule has 7 heteroatoms. The summed E-state index contributed by atoms with van der Waals surface area (Å²) in [4.78, 5) is 13.4. The minimum absolute atomic E-state index is 0.00727. The second-order valence-corrected chi connectivity index (χ2v) is 6.77. The SMILES string of the molecule is O=C(CC1CC2CCC(C1)N2)N1CCC(O)(C(F)(F)F)C1. The number of carbonyl (C=O) groups excluding carboxylic acids is 1. The second kappa shape index (κ2) is 5.12. The number of nitrogens with one attached hydrogen (secondary N) is 1. The van der Waals surface area contributed by atoms with Crippen LogP contribution >= 0.6 is 0 Å². The highest BCUT2D eigenvalue weighted by atomic mass is 19.4. The number of amides is 1. The van der Waals surface area contributed by atoms with Crippen molar-refractivity contribution in [2.24, 2.45) is 5.92 Å². The van der Waals surface area contributed by atoms with E-state index in [-0.39, 0.29) is 18.4 Å². The van der Waals surface area contributed by atoms with E-state index in [1.165, 1.54) is 4.90 Å². The van der Waals surface area contributed by atoms with Gasteiger partial charge < -0.3 is 15.3 Å². The van der Waals surface area contributed by atoms with Crippen LogP contribution < -0.4 is 5.32 Å². The fourth-order valence-corrected chi connectivity index (χ4v) is 3.96. The van der Waals surface area contributed by atoms with Crippen LogP contribution in [0, 0.1) is 5.92 Å². The zero-order valence-electron chi connectivity index (χ0n) is 11.8. The van der Waals surface area contributed by atoms with Gasteiger partial charge in [-0.2, -0.15) is 13.2 Å². The Morgan fingerprint density at radius 3 is 2.43 bits per heavy atom. The van der Waals surface area contributed by atoms with Gasteiger partial charge in [-0.1, -0.05) is 0 Å². The first-order valence-electron chi connectivity index (χ1n) is 7.60. The average molecular weight is 306 g/mol. The Hall–Kier alpha value is -0.820. The molecule has 0 aromatic heterocycles. The molecule has 3 rings (SSSR count). The lowest BCUT2D eigenvalue weighted by molar-refractivity contribution is -0.253. The predicted octanol–water partition coefficient (Wildman–Crippen LogP) is 1.43. The molecule has 2 bridgehead atoms. The lowest BCUT2D eigenvalue weighted by Gasteiger charge is -2.30. The fourth-order valence-electron chi connectivity index (χ4n) is 3.96. The van der Waals surface area contributed by atoms with Gasteiger partial charge in [-0.25, -0.2) is 0 Å². The third kappa shape index (κ3) is 2.90. The van der Waals surface area contributed by atoms with Gasteiger partial charge >= 0.3 is 6.18 Å². The molecule has 3 heterocycles. The third-order valence-electron chi connectivity index (χ3n) is 5.16. The number of carbonyl (C=O) groups is 1. The van der Waals surface area contributed by atoms with E-state index in [0.29, 0.717) is 18.5 Å². The van der Waals surface area contributed by atoms with Gasteiger partial charge in [0.1, 0.15) is 0 Å². The Bertz CT molecular complexity index is 417. The van der Waals surface area contributed by atoms with E-state index in [2.05, 4.69) is 5.32 Å². The Kier molecular flexibility index (Phi) is 3.68. The van der Waals surface area contributed by atoms with Crippen LogP contribution in [0.2, 0.25) is 0 Å². The standard InChI is InChI=1S/C14H21F3N2O2/c15-14(16,17)13(21)3-4-19(8-13)12(20)7-9-5-10-1-2-11(6-9)18-10/h9-11,18,21H,1-8H2. The zero-order chi connectivity index (χ0) is 15.3. The van der Waals surface area contributed by atoms with E-state index >= 15 is 0 Å². The third-order valence-corrected chi connectivity index (χ3v) is 5.16. The van der Waals surface area contributed by atoms with Crippen LogP contribution in [0.4, 0.5) is 13.2 Å². The summed E-state index contributed by atoms with van der Waals surface area (Å²) in [6.07, 6.45) is -0.656. The van der Waals surface area contributed by atoms with Crippen molar-refractivity contribution < 1.29 is 23.1 Å². The van der Waals surface area contributed by atoms with Gasteiger partial charge in [0.2, 0.25) is 5.91 Å². The summed E-state index contributed by atoms with van der Waals surface area (Å²) >= 11 is 0. The van der Waals surface area contributed by atoms with Crippen molar-refractivity contribution in [1.29, 1.82) is 0 Å². The molecule has 4 nitrogen and oxygen atoms in total. The van der Waals surface area contributed by atoms with Crippen molar-refractivity contribution in [3.05, 3.63) is 0 Å². The van der Waals surface area contributed by atoms with Gasteiger partial charge in [0, 0.05) is 31.5 Å². The number of nitrogens with zero attached hydrogens (tertiary/aromatic N) is 1. The first kappa shape index (κ1) is 15.1. The molecule has 0 saturated carbocycles. The number of hydrogen-bond acceptors (Lipinski definition) is 3. The van der Waals surface area contributed by atoms with Gasteiger partial charge in [-0.15, -0.1) is 0 Å². The van der Waals surface area contributed by atoms with Crippen LogP contribution in [0.25, 0.3) is 0 Å². The van der Waals surface area contributed by atoms with Crippen LogP contribution in [-0.4, -0.2) is 52.9 Å². The summed E-state index contributed by atoms with van der Waals surface area (Å²) in [7, 11) is 0. The van der Waals surface area contributed by atoms with Crippen LogP contribution in [0.15, 0.2) is 0 Å². The van der Waals surface area contributed by atoms with Crippen molar-refractivity contribution >= 4 is 5.91 Å². The molecule has 0 aliphatic carbocycles. The van der Waals surface area contributed by atoms with Crippen molar-refractivity contribution in [3.8, 4) is 0 Å². The van der Waals surface area contributed by atoms with Crippen LogP contribution in [-0.2, 0) is 4.79 Å². The molecule has 3 aliphatic heterocycles. The first-order chi connectivity index (χ1) is 9.77. The Morgan fingerprint density at radius 2 is 1.90 bits per heavy atom. The molecule has 1 amide bonds. The topological polar surface area (TPSA) is 52.6 Å². The molecule has 3 fully saturated rings. The van der Waals surface area contributed by atoms with E-state index in [4.69, 9.17) is 0 Å². The minimum atomic E-state index is -4.67. The minimum Gasteiger partial charge on any atom is -0.379 e. The molecule has 120 valence electrons. The maximum atomic E-state index is 12.8. The molecule has 0 aromatic carbocycles. The molecule has 2 N–H and O–H groups in total. The largest absolute Gasteiger partial charge is 0.419 e. The van der Waals surface area contributed by atoms with Crippen LogP contribution in [0.1, 0.15) is 38.5 Å². The van der Waals surface area contributed by atoms with Gasteiger partial charge in [0.25, 0.3) is 0 Å².